The summed E-state index contributed by atoms with van der Waals surface area (Å²) in [7, 11) is 0. The Labute approximate surface area is 156 Å². The highest BCUT2D eigenvalue weighted by Crippen LogP contribution is 2.14. The molecule has 0 aliphatic carbocycles. The topological polar surface area (TPSA) is 73.0 Å². The monoisotopic (exact) mass is 358 g/mol. The highest BCUT2D eigenvalue weighted by molar-refractivity contribution is 5.90. The average Bonchev–Trinajstić information content (AvgIpc) is 3.38. The Bertz CT molecular complexity index is 1010. The van der Waals surface area contributed by atoms with Gasteiger partial charge in [0.05, 0.1) is 18.5 Å². The number of para-hydroxylation sites is 1. The largest absolute Gasteiger partial charge is 0.467 e. The summed E-state index contributed by atoms with van der Waals surface area (Å²) in [6.07, 6.45) is 2.15. The first kappa shape index (κ1) is 16.8. The van der Waals surface area contributed by atoms with E-state index in [1.54, 1.807) is 23.1 Å². The van der Waals surface area contributed by atoms with E-state index >= 15 is 0 Å². The van der Waals surface area contributed by atoms with E-state index in [9.17, 15) is 4.79 Å². The Morgan fingerprint density at radius 3 is 2.41 bits per heavy atom. The molecule has 2 aromatic carbocycles. The van der Waals surface area contributed by atoms with Crippen LogP contribution in [0.1, 0.15) is 27.8 Å². The third-order valence-electron chi connectivity index (χ3n) is 4.09. The highest BCUT2D eigenvalue weighted by Gasteiger charge is 2.18. The number of nitrogens with one attached hydrogen (secondary N) is 1. The lowest BCUT2D eigenvalue weighted by atomic mass is 10.1. The molecule has 0 fully saturated rings. The number of benzene rings is 2. The number of nitrogens with zero attached hydrogens (tertiary/aromatic N) is 3. The van der Waals surface area contributed by atoms with Gasteiger partial charge in [0.2, 0.25) is 5.82 Å². The summed E-state index contributed by atoms with van der Waals surface area (Å²) in [5.74, 6) is 1.18. The molecule has 0 unspecified atom stereocenters. The van der Waals surface area contributed by atoms with E-state index in [4.69, 9.17) is 4.42 Å². The van der Waals surface area contributed by atoms with Crippen LogP contribution in [-0.2, 0) is 13.0 Å². The van der Waals surface area contributed by atoms with E-state index in [1.807, 2.05) is 60.7 Å². The molecule has 6 heteroatoms. The van der Waals surface area contributed by atoms with Gasteiger partial charge in [-0.05, 0) is 29.8 Å². The van der Waals surface area contributed by atoms with E-state index in [0.29, 0.717) is 24.6 Å². The number of aromatic nitrogens is 3. The summed E-state index contributed by atoms with van der Waals surface area (Å²) in [6.45, 7) is 0.291. The van der Waals surface area contributed by atoms with Gasteiger partial charge in [-0.15, -0.1) is 5.10 Å². The summed E-state index contributed by atoms with van der Waals surface area (Å²) in [6, 6.07) is 23.2. The number of hydrogen-bond donors (Lipinski definition) is 1. The molecule has 2 heterocycles. The van der Waals surface area contributed by atoms with Crippen LogP contribution < -0.4 is 5.32 Å². The zero-order valence-corrected chi connectivity index (χ0v) is 14.6. The Morgan fingerprint density at radius 2 is 1.70 bits per heavy atom. The lowest BCUT2D eigenvalue weighted by Gasteiger charge is -2.05. The fourth-order valence-corrected chi connectivity index (χ4v) is 2.77. The molecule has 1 amide bonds. The minimum absolute atomic E-state index is 0.136. The average molecular weight is 358 g/mol. The molecular weight excluding hydrogens is 340 g/mol. The van der Waals surface area contributed by atoms with Gasteiger partial charge in [0.25, 0.3) is 5.91 Å². The van der Waals surface area contributed by atoms with Crippen molar-refractivity contribution in [1.29, 1.82) is 0 Å². The van der Waals surface area contributed by atoms with Gasteiger partial charge in [0.1, 0.15) is 11.6 Å². The summed E-state index contributed by atoms with van der Waals surface area (Å²) in [5, 5.41) is 7.23. The molecule has 0 saturated heterocycles. The second-order valence-corrected chi connectivity index (χ2v) is 6.02. The number of carbonyl (C=O) groups is 1. The van der Waals surface area contributed by atoms with Gasteiger partial charge in [-0.3, -0.25) is 4.79 Å². The molecule has 4 rings (SSSR count). The van der Waals surface area contributed by atoms with Crippen LogP contribution in [0.15, 0.2) is 83.5 Å². The minimum Gasteiger partial charge on any atom is -0.467 e. The maximum Gasteiger partial charge on any atom is 0.291 e. The van der Waals surface area contributed by atoms with Crippen LogP contribution in [-0.4, -0.2) is 20.7 Å². The maximum atomic E-state index is 12.5. The number of amides is 1. The summed E-state index contributed by atoms with van der Waals surface area (Å²) in [4.78, 5) is 17.0. The van der Waals surface area contributed by atoms with Crippen LogP contribution in [0.4, 0.5) is 0 Å². The Kier molecular flexibility index (Phi) is 4.78. The molecule has 0 atom stereocenters. The van der Waals surface area contributed by atoms with Gasteiger partial charge >= 0.3 is 0 Å². The second kappa shape index (κ2) is 7.70. The second-order valence-electron chi connectivity index (χ2n) is 6.02. The zero-order valence-electron chi connectivity index (χ0n) is 14.6. The molecular formula is C21H18N4O2. The smallest absolute Gasteiger partial charge is 0.291 e. The molecule has 2 aromatic heterocycles. The Morgan fingerprint density at radius 1 is 0.963 bits per heavy atom. The van der Waals surface area contributed by atoms with Crippen molar-refractivity contribution in [1.82, 2.24) is 20.1 Å². The first-order valence-electron chi connectivity index (χ1n) is 8.65. The van der Waals surface area contributed by atoms with E-state index in [0.717, 1.165) is 11.3 Å². The van der Waals surface area contributed by atoms with Crippen LogP contribution >= 0.6 is 0 Å². The molecule has 27 heavy (non-hydrogen) atoms. The van der Waals surface area contributed by atoms with Crippen LogP contribution in [0.25, 0.3) is 5.69 Å². The lowest BCUT2D eigenvalue weighted by Crippen LogP contribution is -2.24. The van der Waals surface area contributed by atoms with Gasteiger partial charge in [-0.2, -0.15) is 0 Å². The SMILES string of the molecule is O=C(NCc1ccco1)c1nc(Cc2ccccc2)n(-c2ccccc2)n1. The minimum atomic E-state index is -0.338. The van der Waals surface area contributed by atoms with Gasteiger partial charge in [0.15, 0.2) is 0 Å². The first-order valence-corrected chi connectivity index (χ1v) is 8.65. The van der Waals surface area contributed by atoms with Gasteiger partial charge < -0.3 is 9.73 Å². The van der Waals surface area contributed by atoms with Crippen LogP contribution in [0.5, 0.6) is 0 Å². The normalized spacial score (nSPS) is 10.7. The molecule has 0 aliphatic rings. The molecule has 0 radical (unpaired) electrons. The van der Waals surface area contributed by atoms with Crippen LogP contribution in [0.3, 0.4) is 0 Å². The van der Waals surface area contributed by atoms with Crippen molar-refractivity contribution in [2.75, 3.05) is 0 Å². The molecule has 1 N–H and O–H groups in total. The molecule has 0 aliphatic heterocycles. The van der Waals surface area contributed by atoms with E-state index < -0.39 is 0 Å². The van der Waals surface area contributed by atoms with Crippen molar-refractivity contribution in [2.45, 2.75) is 13.0 Å². The van der Waals surface area contributed by atoms with Gasteiger partial charge in [0, 0.05) is 6.42 Å². The van der Waals surface area contributed by atoms with Gasteiger partial charge in [-0.1, -0.05) is 48.5 Å². The Hall–Kier alpha value is -3.67. The molecule has 0 spiro atoms. The van der Waals surface area contributed by atoms with Crippen molar-refractivity contribution >= 4 is 5.91 Å². The molecule has 0 saturated carbocycles. The molecule has 6 nitrogen and oxygen atoms in total. The Balaban J connectivity index is 1.61. The number of furan rings is 1. The van der Waals surface area contributed by atoms with Crippen LogP contribution in [0, 0.1) is 0 Å². The van der Waals surface area contributed by atoms with E-state index in [-0.39, 0.29) is 11.7 Å². The van der Waals surface area contributed by atoms with Crippen LogP contribution in [0.2, 0.25) is 0 Å². The van der Waals surface area contributed by atoms with Crippen molar-refractivity contribution in [2.24, 2.45) is 0 Å². The number of rotatable bonds is 6. The summed E-state index contributed by atoms with van der Waals surface area (Å²) < 4.78 is 6.95. The zero-order chi connectivity index (χ0) is 18.5. The number of hydrogen-bond acceptors (Lipinski definition) is 4. The summed E-state index contributed by atoms with van der Waals surface area (Å²) in [5.41, 5.74) is 1.96. The van der Waals surface area contributed by atoms with Crippen molar-refractivity contribution in [3.05, 3.63) is 102 Å². The van der Waals surface area contributed by atoms with Crippen molar-refractivity contribution in [3.63, 3.8) is 0 Å². The quantitative estimate of drug-likeness (QED) is 0.573. The van der Waals surface area contributed by atoms with Crippen molar-refractivity contribution in [3.8, 4) is 5.69 Å². The van der Waals surface area contributed by atoms with Gasteiger partial charge in [-0.25, -0.2) is 9.67 Å². The molecule has 4 aromatic rings. The predicted molar refractivity (Wildman–Crippen MR) is 100 cm³/mol. The van der Waals surface area contributed by atoms with Crippen molar-refractivity contribution < 1.29 is 9.21 Å². The van der Waals surface area contributed by atoms with E-state index in [1.165, 1.54) is 0 Å². The predicted octanol–water partition coefficient (Wildman–Crippen LogP) is 3.38. The fourth-order valence-electron chi connectivity index (χ4n) is 2.77. The standard InChI is InChI=1S/C21H18N4O2/c26-21(22-15-18-12-7-13-27-18)20-23-19(14-16-8-3-1-4-9-16)25(24-20)17-10-5-2-6-11-17/h1-13H,14-15H2,(H,22,26). The van der Waals surface area contributed by atoms with E-state index in [2.05, 4.69) is 15.4 Å². The highest BCUT2D eigenvalue weighted by atomic mass is 16.3. The first-order chi connectivity index (χ1) is 13.3. The summed E-state index contributed by atoms with van der Waals surface area (Å²) >= 11 is 0. The molecule has 0 bridgehead atoms. The fraction of sp³-hybridized carbons (Fsp3) is 0.0952. The maximum absolute atomic E-state index is 12.5. The third kappa shape index (κ3) is 3.95. The third-order valence-corrected chi connectivity index (χ3v) is 4.09. The number of carbonyl (C=O) groups excluding carboxylic acids is 1. The lowest BCUT2D eigenvalue weighted by molar-refractivity contribution is 0.0937. The molecule has 134 valence electrons.